The summed E-state index contributed by atoms with van der Waals surface area (Å²) in [6.45, 7) is 13.7. The average Bonchev–Trinajstić information content (AvgIpc) is 3.16. The molecule has 0 spiro atoms. The second kappa shape index (κ2) is 8.34. The molecule has 0 saturated carbocycles. The predicted octanol–water partition coefficient (Wildman–Crippen LogP) is 8.60. The molecule has 5 aromatic rings. The molecular formula is C32H33BN2. The summed E-state index contributed by atoms with van der Waals surface area (Å²) in [7, 11) is 6.41. The summed E-state index contributed by atoms with van der Waals surface area (Å²) in [4.78, 5) is 1.72. The molecule has 0 aliphatic rings. The first-order valence-corrected chi connectivity index (χ1v) is 12.3. The number of hydrogen-bond donors (Lipinski definition) is 0. The highest BCUT2D eigenvalue weighted by atomic mass is 15.0. The van der Waals surface area contributed by atoms with Gasteiger partial charge in [-0.25, -0.2) is 0 Å². The van der Waals surface area contributed by atoms with Crippen LogP contribution in [0.15, 0.2) is 91.0 Å². The van der Waals surface area contributed by atoms with E-state index in [2.05, 4.69) is 107 Å². The average molecular weight is 456 g/mol. The standard InChI is InChI=1S/C32H33BN2/c1-31(2,3)22-12-18-29-27(20-22)28-21-23(32(4,5)6)13-19-30(28)34(29)24-14-16-26(17-15-24)35(33)25-10-8-7-9-11-25/h7-21H,1-6H3. The van der Waals surface area contributed by atoms with E-state index in [4.69, 9.17) is 7.98 Å². The molecule has 0 aliphatic heterocycles. The van der Waals surface area contributed by atoms with Gasteiger partial charge >= 0.3 is 0 Å². The molecule has 0 unspecified atom stereocenters. The van der Waals surface area contributed by atoms with E-state index in [1.165, 1.54) is 32.9 Å². The molecule has 3 heteroatoms. The molecule has 0 aliphatic carbocycles. The van der Waals surface area contributed by atoms with Crippen molar-refractivity contribution in [1.82, 2.24) is 4.57 Å². The molecule has 0 atom stereocenters. The highest BCUT2D eigenvalue weighted by Crippen LogP contribution is 2.38. The first kappa shape index (κ1) is 23.3. The van der Waals surface area contributed by atoms with Crippen LogP contribution in [0.2, 0.25) is 0 Å². The van der Waals surface area contributed by atoms with Crippen molar-refractivity contribution in [2.75, 3.05) is 4.81 Å². The fourth-order valence-corrected chi connectivity index (χ4v) is 4.73. The minimum absolute atomic E-state index is 0.0912. The Morgan fingerprint density at radius 1 is 0.571 bits per heavy atom. The maximum absolute atomic E-state index is 6.41. The van der Waals surface area contributed by atoms with Gasteiger partial charge in [-0.15, -0.1) is 0 Å². The van der Waals surface area contributed by atoms with Crippen LogP contribution in [-0.4, -0.2) is 12.5 Å². The van der Waals surface area contributed by atoms with Gasteiger partial charge in [-0.2, -0.15) is 0 Å². The Bertz CT molecular complexity index is 1430. The number of para-hydroxylation sites is 1. The molecule has 0 N–H and O–H groups in total. The molecule has 174 valence electrons. The first-order valence-electron chi connectivity index (χ1n) is 12.3. The van der Waals surface area contributed by atoms with E-state index in [9.17, 15) is 0 Å². The molecule has 2 radical (unpaired) electrons. The monoisotopic (exact) mass is 456 g/mol. The molecule has 1 heterocycles. The number of benzene rings is 4. The molecule has 0 fully saturated rings. The van der Waals surface area contributed by atoms with Crippen LogP contribution in [0.3, 0.4) is 0 Å². The van der Waals surface area contributed by atoms with E-state index in [0.29, 0.717) is 0 Å². The van der Waals surface area contributed by atoms with Gasteiger partial charge in [-0.05, 0) is 82.6 Å². The number of aromatic nitrogens is 1. The lowest BCUT2D eigenvalue weighted by molar-refractivity contribution is 0.590. The van der Waals surface area contributed by atoms with Crippen molar-refractivity contribution in [3.8, 4) is 5.69 Å². The Hall–Kier alpha value is -3.46. The Balaban J connectivity index is 1.69. The van der Waals surface area contributed by atoms with Gasteiger partial charge in [0.05, 0.1) is 11.0 Å². The van der Waals surface area contributed by atoms with Crippen molar-refractivity contribution in [3.63, 3.8) is 0 Å². The Kier molecular flexibility index (Phi) is 5.55. The van der Waals surface area contributed by atoms with Gasteiger partial charge in [0, 0.05) is 27.8 Å². The van der Waals surface area contributed by atoms with E-state index in [1.807, 2.05) is 30.3 Å². The summed E-state index contributed by atoms with van der Waals surface area (Å²) < 4.78 is 2.37. The zero-order valence-corrected chi connectivity index (χ0v) is 21.6. The van der Waals surface area contributed by atoms with E-state index >= 15 is 0 Å². The molecule has 1 aromatic heterocycles. The Labute approximate surface area is 210 Å². The lowest BCUT2D eigenvalue weighted by atomic mass is 9.85. The largest absolute Gasteiger partial charge is 0.398 e. The molecule has 0 saturated heterocycles. The molecule has 4 aromatic carbocycles. The van der Waals surface area contributed by atoms with Crippen LogP contribution < -0.4 is 4.81 Å². The lowest BCUT2D eigenvalue weighted by Gasteiger charge is -2.21. The van der Waals surface area contributed by atoms with E-state index in [1.54, 1.807) is 4.81 Å². The van der Waals surface area contributed by atoms with Crippen molar-refractivity contribution >= 4 is 41.2 Å². The first-order chi connectivity index (χ1) is 16.5. The topological polar surface area (TPSA) is 8.17 Å². The molecular weight excluding hydrogens is 423 g/mol. The van der Waals surface area contributed by atoms with E-state index < -0.39 is 0 Å². The Morgan fingerprint density at radius 3 is 1.49 bits per heavy atom. The van der Waals surface area contributed by atoms with Crippen LogP contribution in [0.1, 0.15) is 52.7 Å². The van der Waals surface area contributed by atoms with Gasteiger partial charge in [0.15, 0.2) is 0 Å². The van der Waals surface area contributed by atoms with Crippen molar-refractivity contribution in [2.24, 2.45) is 0 Å². The highest BCUT2D eigenvalue weighted by Gasteiger charge is 2.20. The SMILES string of the molecule is [B]N(c1ccccc1)c1ccc(-n2c3ccc(C(C)(C)C)cc3c3cc(C(C)(C)C)ccc32)cc1. The normalized spacial score (nSPS) is 12.4. The smallest absolute Gasteiger partial charge is 0.234 e. The number of anilines is 2. The van der Waals surface area contributed by atoms with Crippen LogP contribution in [0, 0.1) is 0 Å². The zero-order chi connectivity index (χ0) is 25.0. The van der Waals surface area contributed by atoms with Gasteiger partial charge in [0.1, 0.15) is 0 Å². The van der Waals surface area contributed by atoms with Crippen molar-refractivity contribution in [3.05, 3.63) is 102 Å². The highest BCUT2D eigenvalue weighted by molar-refractivity contribution is 6.22. The number of fused-ring (bicyclic) bond motifs is 3. The van der Waals surface area contributed by atoms with E-state index in [-0.39, 0.29) is 10.8 Å². The fourth-order valence-electron chi connectivity index (χ4n) is 4.73. The van der Waals surface area contributed by atoms with Gasteiger partial charge in [0.2, 0.25) is 7.98 Å². The second-order valence-electron chi connectivity index (χ2n) is 11.5. The number of nitrogens with zero attached hydrogens (tertiary/aromatic N) is 2. The van der Waals surface area contributed by atoms with Gasteiger partial charge in [-0.3, -0.25) is 0 Å². The van der Waals surface area contributed by atoms with Crippen molar-refractivity contribution in [2.45, 2.75) is 52.4 Å². The summed E-state index contributed by atoms with van der Waals surface area (Å²) in [5.74, 6) is 0. The summed E-state index contributed by atoms with van der Waals surface area (Å²) in [6, 6.07) is 32.4. The van der Waals surface area contributed by atoms with Crippen LogP contribution in [0.25, 0.3) is 27.5 Å². The Morgan fingerprint density at radius 2 is 1.03 bits per heavy atom. The summed E-state index contributed by atoms with van der Waals surface area (Å²) in [6.07, 6.45) is 0. The third-order valence-electron chi connectivity index (χ3n) is 6.92. The lowest BCUT2D eigenvalue weighted by Crippen LogP contribution is -2.11. The minimum atomic E-state index is 0.0912. The molecule has 5 rings (SSSR count). The quantitative estimate of drug-likeness (QED) is 0.247. The minimum Gasteiger partial charge on any atom is -0.398 e. The molecule has 2 nitrogen and oxygen atoms in total. The number of rotatable bonds is 3. The second-order valence-corrected chi connectivity index (χ2v) is 11.5. The number of hydrogen-bond acceptors (Lipinski definition) is 1. The fraction of sp³-hybridized carbons (Fsp3) is 0.250. The maximum Gasteiger partial charge on any atom is 0.234 e. The van der Waals surface area contributed by atoms with Crippen molar-refractivity contribution in [1.29, 1.82) is 0 Å². The van der Waals surface area contributed by atoms with Crippen LogP contribution in [0.5, 0.6) is 0 Å². The zero-order valence-electron chi connectivity index (χ0n) is 21.6. The molecule has 35 heavy (non-hydrogen) atoms. The van der Waals surface area contributed by atoms with Crippen molar-refractivity contribution < 1.29 is 0 Å². The predicted molar refractivity (Wildman–Crippen MR) is 153 cm³/mol. The van der Waals surface area contributed by atoms with Crippen LogP contribution in [0.4, 0.5) is 11.4 Å². The van der Waals surface area contributed by atoms with Gasteiger partial charge < -0.3 is 9.38 Å². The summed E-state index contributed by atoms with van der Waals surface area (Å²) in [5, 5.41) is 2.60. The summed E-state index contributed by atoms with van der Waals surface area (Å²) >= 11 is 0. The van der Waals surface area contributed by atoms with Crippen LogP contribution in [-0.2, 0) is 10.8 Å². The van der Waals surface area contributed by atoms with Crippen LogP contribution >= 0.6 is 0 Å². The molecule has 0 amide bonds. The molecule has 0 bridgehead atoms. The third kappa shape index (κ3) is 4.25. The third-order valence-corrected chi connectivity index (χ3v) is 6.92. The summed E-state index contributed by atoms with van der Waals surface area (Å²) in [5.41, 5.74) is 8.36. The van der Waals surface area contributed by atoms with Gasteiger partial charge in [-0.1, -0.05) is 71.9 Å². The van der Waals surface area contributed by atoms with E-state index in [0.717, 1.165) is 17.1 Å². The van der Waals surface area contributed by atoms with Gasteiger partial charge in [0.25, 0.3) is 0 Å². The maximum atomic E-state index is 6.41.